The summed E-state index contributed by atoms with van der Waals surface area (Å²) in [7, 11) is 0. The monoisotopic (exact) mass is 350 g/mol. The summed E-state index contributed by atoms with van der Waals surface area (Å²) < 4.78 is 0. The molecule has 0 atom stereocenters. The minimum atomic E-state index is 0. The standard InChI is InChI=1S/C20H30N2O.ClH/c1-16-7-3-4-8-18(16)20(11-5-2-6-12-20)15-22-19(23)17-9-13-21-14-10-17;/h3-4,7-8,17,21H,2,5-6,9-15H2,1H3,(H,22,23);1H. The van der Waals surface area contributed by atoms with E-state index < -0.39 is 0 Å². The summed E-state index contributed by atoms with van der Waals surface area (Å²) in [5.41, 5.74) is 2.96. The molecular formula is C20H31ClN2O. The Balaban J connectivity index is 0.00000208. The number of rotatable bonds is 4. The normalized spacial score (nSPS) is 20.9. The second kappa shape index (κ2) is 8.87. The van der Waals surface area contributed by atoms with E-state index in [9.17, 15) is 4.79 Å². The van der Waals surface area contributed by atoms with Crippen molar-refractivity contribution >= 4 is 18.3 Å². The van der Waals surface area contributed by atoms with Crippen LogP contribution in [0, 0.1) is 12.8 Å². The minimum absolute atomic E-state index is 0. The molecule has 1 saturated heterocycles. The summed E-state index contributed by atoms with van der Waals surface area (Å²) in [4.78, 5) is 12.6. The first-order valence-corrected chi connectivity index (χ1v) is 9.26. The van der Waals surface area contributed by atoms with Gasteiger partial charge in [-0.1, -0.05) is 43.5 Å². The van der Waals surface area contributed by atoms with E-state index in [2.05, 4.69) is 41.8 Å². The van der Waals surface area contributed by atoms with Gasteiger partial charge in [0.05, 0.1) is 0 Å². The summed E-state index contributed by atoms with van der Waals surface area (Å²) in [5, 5.41) is 6.66. The molecule has 3 nitrogen and oxygen atoms in total. The van der Waals surface area contributed by atoms with Crippen LogP contribution in [0.2, 0.25) is 0 Å². The van der Waals surface area contributed by atoms with Gasteiger partial charge in [0.2, 0.25) is 5.91 Å². The fraction of sp³-hybridized carbons (Fsp3) is 0.650. The highest BCUT2D eigenvalue weighted by Crippen LogP contribution is 2.40. The summed E-state index contributed by atoms with van der Waals surface area (Å²) in [6, 6.07) is 8.74. The summed E-state index contributed by atoms with van der Waals surface area (Å²) in [6.07, 6.45) is 8.23. The number of hydrogen-bond donors (Lipinski definition) is 2. The molecule has 3 rings (SSSR count). The molecule has 1 saturated carbocycles. The smallest absolute Gasteiger partial charge is 0.223 e. The molecule has 2 aliphatic rings. The van der Waals surface area contributed by atoms with Crippen LogP contribution in [0.5, 0.6) is 0 Å². The number of piperidine rings is 1. The second-order valence-corrected chi connectivity index (χ2v) is 7.40. The van der Waals surface area contributed by atoms with Gasteiger partial charge >= 0.3 is 0 Å². The Morgan fingerprint density at radius 1 is 1.17 bits per heavy atom. The molecule has 0 aromatic heterocycles. The molecule has 1 aromatic carbocycles. The SMILES string of the molecule is Cc1ccccc1C1(CNC(=O)C2CCNCC2)CCCCC1.Cl. The van der Waals surface area contributed by atoms with Gasteiger partial charge in [-0.15, -0.1) is 12.4 Å². The molecule has 0 bridgehead atoms. The van der Waals surface area contributed by atoms with Crippen molar-refractivity contribution in [2.24, 2.45) is 5.92 Å². The van der Waals surface area contributed by atoms with Crippen molar-refractivity contribution in [2.75, 3.05) is 19.6 Å². The largest absolute Gasteiger partial charge is 0.355 e. The van der Waals surface area contributed by atoms with E-state index in [1.807, 2.05) is 0 Å². The van der Waals surface area contributed by atoms with Gasteiger partial charge < -0.3 is 10.6 Å². The van der Waals surface area contributed by atoms with Crippen molar-refractivity contribution in [2.45, 2.75) is 57.3 Å². The van der Waals surface area contributed by atoms with Crippen molar-refractivity contribution in [1.82, 2.24) is 10.6 Å². The third-order valence-corrected chi connectivity index (χ3v) is 5.84. The molecule has 1 aliphatic carbocycles. The molecule has 1 heterocycles. The fourth-order valence-corrected chi connectivity index (χ4v) is 4.42. The predicted molar refractivity (Wildman–Crippen MR) is 102 cm³/mol. The maximum atomic E-state index is 12.6. The van der Waals surface area contributed by atoms with Crippen molar-refractivity contribution in [3.8, 4) is 0 Å². The number of hydrogen-bond acceptors (Lipinski definition) is 2. The molecular weight excluding hydrogens is 320 g/mol. The fourth-order valence-electron chi connectivity index (χ4n) is 4.42. The van der Waals surface area contributed by atoms with Crippen LogP contribution in [0.25, 0.3) is 0 Å². The zero-order chi connectivity index (χ0) is 16.1. The predicted octanol–water partition coefficient (Wildman–Crippen LogP) is 3.73. The average molecular weight is 351 g/mol. The van der Waals surface area contributed by atoms with Crippen molar-refractivity contribution in [3.63, 3.8) is 0 Å². The third-order valence-electron chi connectivity index (χ3n) is 5.84. The van der Waals surface area contributed by atoms with E-state index in [0.29, 0.717) is 0 Å². The molecule has 2 fully saturated rings. The van der Waals surface area contributed by atoms with Gasteiger partial charge in [-0.2, -0.15) is 0 Å². The van der Waals surface area contributed by atoms with E-state index in [1.165, 1.54) is 43.2 Å². The summed E-state index contributed by atoms with van der Waals surface area (Å²) >= 11 is 0. The highest BCUT2D eigenvalue weighted by molar-refractivity contribution is 5.85. The first-order chi connectivity index (χ1) is 11.2. The maximum Gasteiger partial charge on any atom is 0.223 e. The van der Waals surface area contributed by atoms with Crippen LogP contribution in [0.15, 0.2) is 24.3 Å². The quantitative estimate of drug-likeness (QED) is 0.868. The van der Waals surface area contributed by atoms with Gasteiger partial charge in [0, 0.05) is 17.9 Å². The minimum Gasteiger partial charge on any atom is -0.355 e. The zero-order valence-electron chi connectivity index (χ0n) is 14.8. The van der Waals surface area contributed by atoms with Gasteiger partial charge in [0.1, 0.15) is 0 Å². The lowest BCUT2D eigenvalue weighted by atomic mass is 9.68. The van der Waals surface area contributed by atoms with Crippen LogP contribution in [0.1, 0.15) is 56.1 Å². The Morgan fingerprint density at radius 3 is 2.50 bits per heavy atom. The number of carbonyl (C=O) groups excluding carboxylic acids is 1. The third kappa shape index (κ3) is 4.31. The molecule has 4 heteroatoms. The van der Waals surface area contributed by atoms with Crippen molar-refractivity contribution in [1.29, 1.82) is 0 Å². The molecule has 1 aromatic rings. The van der Waals surface area contributed by atoms with Crippen LogP contribution in [0.3, 0.4) is 0 Å². The molecule has 24 heavy (non-hydrogen) atoms. The van der Waals surface area contributed by atoms with Crippen molar-refractivity contribution in [3.05, 3.63) is 35.4 Å². The Morgan fingerprint density at radius 2 is 1.83 bits per heavy atom. The van der Waals surface area contributed by atoms with Gasteiger partial charge in [-0.3, -0.25) is 4.79 Å². The van der Waals surface area contributed by atoms with Crippen LogP contribution in [0.4, 0.5) is 0 Å². The number of benzene rings is 1. The van der Waals surface area contributed by atoms with E-state index in [0.717, 1.165) is 32.5 Å². The molecule has 1 aliphatic heterocycles. The molecule has 0 unspecified atom stereocenters. The summed E-state index contributed by atoms with van der Waals surface area (Å²) in [5.74, 6) is 0.471. The van der Waals surface area contributed by atoms with E-state index in [4.69, 9.17) is 0 Å². The second-order valence-electron chi connectivity index (χ2n) is 7.40. The molecule has 0 spiro atoms. The zero-order valence-corrected chi connectivity index (χ0v) is 15.6. The molecule has 134 valence electrons. The van der Waals surface area contributed by atoms with Gasteiger partial charge in [-0.25, -0.2) is 0 Å². The average Bonchev–Trinajstić information content (AvgIpc) is 2.61. The Labute approximate surface area is 152 Å². The van der Waals surface area contributed by atoms with Gasteiger partial charge in [0.15, 0.2) is 0 Å². The maximum absolute atomic E-state index is 12.6. The van der Waals surface area contributed by atoms with Crippen LogP contribution >= 0.6 is 12.4 Å². The lowest BCUT2D eigenvalue weighted by molar-refractivity contribution is -0.126. The highest BCUT2D eigenvalue weighted by atomic mass is 35.5. The molecule has 0 radical (unpaired) electrons. The van der Waals surface area contributed by atoms with Gasteiger partial charge in [0.25, 0.3) is 0 Å². The Kier molecular flexibility index (Phi) is 7.12. The number of carbonyl (C=O) groups is 1. The highest BCUT2D eigenvalue weighted by Gasteiger charge is 2.35. The number of amides is 1. The molecule has 2 N–H and O–H groups in total. The van der Waals surface area contributed by atoms with Crippen LogP contribution in [-0.4, -0.2) is 25.5 Å². The van der Waals surface area contributed by atoms with Crippen LogP contribution < -0.4 is 10.6 Å². The lowest BCUT2D eigenvalue weighted by Gasteiger charge is -2.39. The Hall–Kier alpha value is -1.06. The van der Waals surface area contributed by atoms with Crippen molar-refractivity contribution < 1.29 is 4.79 Å². The Bertz CT molecular complexity index is 534. The molecule has 1 amide bonds. The summed E-state index contributed by atoms with van der Waals surface area (Å²) in [6.45, 7) is 4.96. The first kappa shape index (κ1) is 19.3. The van der Waals surface area contributed by atoms with E-state index >= 15 is 0 Å². The lowest BCUT2D eigenvalue weighted by Crippen LogP contribution is -2.46. The first-order valence-electron chi connectivity index (χ1n) is 9.26. The van der Waals surface area contributed by atoms with E-state index in [-0.39, 0.29) is 29.6 Å². The number of aryl methyl sites for hydroxylation is 1. The topological polar surface area (TPSA) is 41.1 Å². The van der Waals surface area contributed by atoms with Crippen LogP contribution in [-0.2, 0) is 10.2 Å². The number of halogens is 1. The van der Waals surface area contributed by atoms with Gasteiger partial charge in [-0.05, 0) is 56.8 Å². The number of nitrogens with one attached hydrogen (secondary N) is 2. The van der Waals surface area contributed by atoms with E-state index in [1.54, 1.807) is 0 Å².